The number of thioether (sulfide) groups is 1. The van der Waals surface area contributed by atoms with E-state index in [9.17, 15) is 9.59 Å². The van der Waals surface area contributed by atoms with Gasteiger partial charge in [0.1, 0.15) is 5.25 Å². The number of amides is 1. The van der Waals surface area contributed by atoms with Crippen LogP contribution >= 0.6 is 11.8 Å². The lowest BCUT2D eigenvalue weighted by atomic mass is 10.1. The lowest BCUT2D eigenvalue weighted by Crippen LogP contribution is -2.48. The molecule has 1 aromatic rings. The molecule has 0 bridgehead atoms. The molecule has 0 aromatic heterocycles. The number of carbonyl (C=O) groups excluding carboxylic acids is 1. The zero-order valence-electron chi connectivity index (χ0n) is 13.0. The number of rotatable bonds is 4. The molecule has 0 spiro atoms. The lowest BCUT2D eigenvalue weighted by molar-refractivity contribution is -0.136. The van der Waals surface area contributed by atoms with Crippen molar-refractivity contribution in [3.63, 3.8) is 0 Å². The third-order valence-electron chi connectivity index (χ3n) is 3.48. The Morgan fingerprint density at radius 1 is 1.27 bits per heavy atom. The van der Waals surface area contributed by atoms with E-state index in [0.29, 0.717) is 23.5 Å². The molecule has 6 heteroatoms. The molecule has 1 aliphatic rings. The van der Waals surface area contributed by atoms with Gasteiger partial charge in [-0.15, -0.1) is 11.8 Å². The molecule has 0 saturated carbocycles. The van der Waals surface area contributed by atoms with Crippen molar-refractivity contribution in [3.8, 4) is 0 Å². The third-order valence-corrected chi connectivity index (χ3v) is 4.64. The van der Waals surface area contributed by atoms with E-state index in [1.807, 2.05) is 19.9 Å². The molecule has 3 atom stereocenters. The van der Waals surface area contributed by atoms with Crippen LogP contribution in [0, 0.1) is 0 Å². The Labute approximate surface area is 134 Å². The fourth-order valence-electron chi connectivity index (χ4n) is 2.50. The van der Waals surface area contributed by atoms with Gasteiger partial charge in [-0.25, -0.2) is 0 Å². The third kappa shape index (κ3) is 4.01. The van der Waals surface area contributed by atoms with Crippen molar-refractivity contribution in [2.24, 2.45) is 0 Å². The minimum atomic E-state index is -0.888. The van der Waals surface area contributed by atoms with Gasteiger partial charge in [0.25, 0.3) is 5.91 Å². The number of hydrogen-bond donors (Lipinski definition) is 1. The van der Waals surface area contributed by atoms with Crippen molar-refractivity contribution in [2.75, 3.05) is 13.1 Å². The quantitative estimate of drug-likeness (QED) is 0.862. The summed E-state index contributed by atoms with van der Waals surface area (Å²) in [5.74, 6) is -0.955. The highest BCUT2D eigenvalue weighted by Crippen LogP contribution is 2.28. The second-order valence-electron chi connectivity index (χ2n) is 5.56. The molecular formula is C16H21NO4S. The van der Waals surface area contributed by atoms with Gasteiger partial charge in [0.05, 0.1) is 17.8 Å². The van der Waals surface area contributed by atoms with Crippen LogP contribution in [0.25, 0.3) is 0 Å². The van der Waals surface area contributed by atoms with E-state index >= 15 is 0 Å². The first-order valence-electron chi connectivity index (χ1n) is 7.31. The van der Waals surface area contributed by atoms with Gasteiger partial charge in [0.2, 0.25) is 0 Å². The zero-order chi connectivity index (χ0) is 16.3. The number of carbonyl (C=O) groups is 2. The summed E-state index contributed by atoms with van der Waals surface area (Å²) in [5, 5.41) is 8.46. The van der Waals surface area contributed by atoms with Crippen LogP contribution in [0.2, 0.25) is 0 Å². The summed E-state index contributed by atoms with van der Waals surface area (Å²) in [6, 6.07) is 7.17. The van der Waals surface area contributed by atoms with Crippen LogP contribution in [0.3, 0.4) is 0 Å². The minimum absolute atomic E-state index is 0.00505. The Hall–Kier alpha value is -1.53. The van der Waals surface area contributed by atoms with Gasteiger partial charge in [-0.2, -0.15) is 0 Å². The summed E-state index contributed by atoms with van der Waals surface area (Å²) < 4.78 is 5.65. The Morgan fingerprint density at radius 2 is 1.86 bits per heavy atom. The maximum atomic E-state index is 12.8. The summed E-state index contributed by atoms with van der Waals surface area (Å²) in [5.41, 5.74) is 0.557. The van der Waals surface area contributed by atoms with Gasteiger partial charge in [-0.05, 0) is 32.9 Å². The average molecular weight is 323 g/mol. The number of carboxylic acids is 1. The zero-order valence-corrected chi connectivity index (χ0v) is 13.8. The van der Waals surface area contributed by atoms with Gasteiger partial charge < -0.3 is 14.7 Å². The Morgan fingerprint density at radius 3 is 2.45 bits per heavy atom. The summed E-state index contributed by atoms with van der Waals surface area (Å²) in [4.78, 5) is 26.3. The molecule has 1 aliphatic heterocycles. The Balaban J connectivity index is 2.20. The van der Waals surface area contributed by atoms with E-state index in [2.05, 4.69) is 0 Å². The Bertz CT molecular complexity index is 553. The number of carboxylic acid groups (broad SMARTS) is 1. The first-order chi connectivity index (χ1) is 10.4. The molecule has 1 fully saturated rings. The lowest BCUT2D eigenvalue weighted by Gasteiger charge is -2.35. The standard InChI is InChI=1S/C16H21NO4S/c1-10-8-17(9-11(2)21-10)15(18)13-6-4-5-7-14(13)22-12(3)16(19)20/h4-7,10-12H,8-9H2,1-3H3,(H,19,20)/t10-,11+,12?. The van der Waals surface area contributed by atoms with E-state index in [0.717, 1.165) is 0 Å². The largest absolute Gasteiger partial charge is 0.480 e. The fraction of sp³-hybridized carbons (Fsp3) is 0.500. The second-order valence-corrected chi connectivity index (χ2v) is 6.94. The maximum Gasteiger partial charge on any atom is 0.316 e. The van der Waals surface area contributed by atoms with Gasteiger partial charge in [0.15, 0.2) is 0 Å². The van der Waals surface area contributed by atoms with Crippen LogP contribution < -0.4 is 0 Å². The highest BCUT2D eigenvalue weighted by molar-refractivity contribution is 8.00. The summed E-state index contributed by atoms with van der Waals surface area (Å²) in [7, 11) is 0. The van der Waals surface area contributed by atoms with E-state index in [1.54, 1.807) is 30.0 Å². The van der Waals surface area contributed by atoms with Crippen LogP contribution in [-0.2, 0) is 9.53 Å². The minimum Gasteiger partial charge on any atom is -0.480 e. The topological polar surface area (TPSA) is 66.8 Å². The van der Waals surface area contributed by atoms with Gasteiger partial charge >= 0.3 is 5.97 Å². The molecule has 1 saturated heterocycles. The number of benzene rings is 1. The van der Waals surface area contributed by atoms with Crippen LogP contribution in [0.4, 0.5) is 0 Å². The van der Waals surface area contributed by atoms with Crippen molar-refractivity contribution in [2.45, 2.75) is 43.1 Å². The molecule has 1 aromatic carbocycles. The number of nitrogens with zero attached hydrogens (tertiary/aromatic N) is 1. The van der Waals surface area contributed by atoms with Crippen molar-refractivity contribution in [3.05, 3.63) is 29.8 Å². The molecule has 0 aliphatic carbocycles. The van der Waals surface area contributed by atoms with E-state index < -0.39 is 11.2 Å². The number of ether oxygens (including phenoxy) is 1. The summed E-state index contributed by atoms with van der Waals surface area (Å²) >= 11 is 1.19. The molecule has 22 heavy (non-hydrogen) atoms. The molecular weight excluding hydrogens is 302 g/mol. The highest BCUT2D eigenvalue weighted by Gasteiger charge is 2.28. The normalized spacial score (nSPS) is 23.1. The molecule has 1 heterocycles. The summed E-state index contributed by atoms with van der Waals surface area (Å²) in [6.07, 6.45) is 0.0101. The first kappa shape index (κ1) is 16.8. The van der Waals surface area contributed by atoms with Crippen LogP contribution in [0.5, 0.6) is 0 Å². The van der Waals surface area contributed by atoms with Gasteiger partial charge in [-0.1, -0.05) is 12.1 Å². The van der Waals surface area contributed by atoms with Crippen molar-refractivity contribution >= 4 is 23.6 Å². The predicted octanol–water partition coefficient (Wildman–Crippen LogP) is 2.50. The predicted molar refractivity (Wildman–Crippen MR) is 85.3 cm³/mol. The second kappa shape index (κ2) is 7.15. The first-order valence-corrected chi connectivity index (χ1v) is 8.19. The van der Waals surface area contributed by atoms with Crippen molar-refractivity contribution in [1.29, 1.82) is 0 Å². The molecule has 5 nitrogen and oxygen atoms in total. The highest BCUT2D eigenvalue weighted by atomic mass is 32.2. The fourth-order valence-corrected chi connectivity index (χ4v) is 3.42. The Kier molecular flexibility index (Phi) is 5.47. The molecule has 120 valence electrons. The number of hydrogen-bond acceptors (Lipinski definition) is 4. The van der Waals surface area contributed by atoms with Crippen LogP contribution in [0.1, 0.15) is 31.1 Å². The SMILES string of the molecule is CC(Sc1ccccc1C(=O)N1C[C@@H](C)O[C@@H](C)C1)C(=O)O. The number of aliphatic carboxylic acids is 1. The average Bonchev–Trinajstić information content (AvgIpc) is 2.46. The molecule has 0 radical (unpaired) electrons. The van der Waals surface area contributed by atoms with Gasteiger partial charge in [-0.3, -0.25) is 9.59 Å². The summed E-state index contributed by atoms with van der Waals surface area (Å²) in [6.45, 7) is 6.62. The molecule has 1 amide bonds. The van der Waals surface area contributed by atoms with Crippen LogP contribution in [0.15, 0.2) is 29.2 Å². The van der Waals surface area contributed by atoms with E-state index in [1.165, 1.54) is 11.8 Å². The monoisotopic (exact) mass is 323 g/mol. The number of morpholine rings is 1. The van der Waals surface area contributed by atoms with Crippen molar-refractivity contribution in [1.82, 2.24) is 4.90 Å². The smallest absolute Gasteiger partial charge is 0.316 e. The van der Waals surface area contributed by atoms with Crippen LogP contribution in [-0.4, -0.2) is 52.4 Å². The maximum absolute atomic E-state index is 12.8. The molecule has 1 N–H and O–H groups in total. The van der Waals surface area contributed by atoms with Crippen molar-refractivity contribution < 1.29 is 19.4 Å². The van der Waals surface area contributed by atoms with Gasteiger partial charge in [0, 0.05) is 18.0 Å². The van der Waals surface area contributed by atoms with E-state index in [-0.39, 0.29) is 18.1 Å². The molecule has 2 rings (SSSR count). The van der Waals surface area contributed by atoms with E-state index in [4.69, 9.17) is 9.84 Å². The molecule has 1 unspecified atom stereocenters.